The molecule has 1 fully saturated rings. The Kier molecular flexibility index (Phi) is 5.96. The average molecular weight is 441 g/mol. The molecule has 32 heavy (non-hydrogen) atoms. The van der Waals surface area contributed by atoms with E-state index in [1.54, 1.807) is 36.4 Å². The van der Waals surface area contributed by atoms with E-state index in [1.165, 1.54) is 30.3 Å². The van der Waals surface area contributed by atoms with E-state index in [4.69, 9.17) is 9.47 Å². The maximum absolute atomic E-state index is 13.9. The van der Waals surface area contributed by atoms with Gasteiger partial charge in [0.1, 0.15) is 18.5 Å². The van der Waals surface area contributed by atoms with Crippen molar-refractivity contribution < 1.29 is 32.2 Å². The van der Waals surface area contributed by atoms with Crippen molar-refractivity contribution in [3.05, 3.63) is 95.6 Å². The van der Waals surface area contributed by atoms with Crippen LogP contribution in [0.3, 0.4) is 0 Å². The topological polar surface area (TPSA) is 59.1 Å². The Balaban J connectivity index is 1.75. The Morgan fingerprint density at radius 1 is 0.938 bits per heavy atom. The summed E-state index contributed by atoms with van der Waals surface area (Å²) in [6.07, 6.45) is -4.97. The van der Waals surface area contributed by atoms with Crippen molar-refractivity contribution in [1.29, 1.82) is 0 Å². The van der Waals surface area contributed by atoms with E-state index in [0.717, 1.165) is 17.0 Å². The Bertz CT molecular complexity index is 1110. The number of anilines is 1. The fourth-order valence-corrected chi connectivity index (χ4v) is 3.12. The van der Waals surface area contributed by atoms with Gasteiger partial charge in [-0.05, 0) is 42.5 Å². The molecule has 2 amide bonds. The first-order chi connectivity index (χ1) is 15.3. The van der Waals surface area contributed by atoms with Crippen LogP contribution in [-0.2, 0) is 10.9 Å². The first-order valence-corrected chi connectivity index (χ1v) is 9.79. The number of ether oxygens (including phenoxy) is 2. The van der Waals surface area contributed by atoms with Crippen LogP contribution in [-0.4, -0.2) is 31.1 Å². The molecule has 5 nitrogen and oxygen atoms in total. The lowest BCUT2D eigenvalue weighted by Crippen LogP contribution is -2.38. The zero-order valence-electron chi connectivity index (χ0n) is 16.7. The quantitative estimate of drug-likeness (QED) is 0.400. The normalized spacial score (nSPS) is 15.2. The molecule has 0 saturated carbocycles. The molecule has 0 aliphatic carbocycles. The van der Waals surface area contributed by atoms with Crippen LogP contribution in [0.25, 0.3) is 0 Å². The number of alkyl halides is 3. The second-order valence-electron chi connectivity index (χ2n) is 7.12. The number of halogens is 3. The number of hydrogen-bond donors (Lipinski definition) is 0. The van der Waals surface area contributed by atoms with Crippen molar-refractivity contribution in [2.24, 2.45) is 0 Å². The molecule has 1 saturated heterocycles. The van der Waals surface area contributed by atoms with Gasteiger partial charge >= 0.3 is 6.18 Å². The first-order valence-electron chi connectivity index (χ1n) is 9.79. The van der Waals surface area contributed by atoms with E-state index < -0.39 is 29.1 Å². The van der Waals surface area contributed by atoms with Crippen LogP contribution in [0, 0.1) is 0 Å². The minimum Gasteiger partial charge on any atom is -0.491 e. The number of nitrogens with zero attached hydrogens (tertiary/aromatic N) is 1. The summed E-state index contributed by atoms with van der Waals surface area (Å²) in [4.78, 5) is 27.3. The number of benzene rings is 3. The molecule has 0 aromatic heterocycles. The fraction of sp³-hybridized carbons (Fsp3) is 0.167. The van der Waals surface area contributed by atoms with Gasteiger partial charge in [0.2, 0.25) is 0 Å². The van der Waals surface area contributed by atoms with Crippen molar-refractivity contribution in [2.45, 2.75) is 12.3 Å². The monoisotopic (exact) mass is 441 g/mol. The van der Waals surface area contributed by atoms with Gasteiger partial charge in [-0.25, -0.2) is 4.90 Å². The molecule has 0 N–H and O–H groups in total. The van der Waals surface area contributed by atoms with Gasteiger partial charge in [0.15, 0.2) is 0 Å². The predicted octanol–water partition coefficient (Wildman–Crippen LogP) is 4.97. The van der Waals surface area contributed by atoms with Crippen molar-refractivity contribution >= 4 is 17.5 Å². The van der Waals surface area contributed by atoms with Crippen molar-refractivity contribution in [3.63, 3.8) is 0 Å². The van der Waals surface area contributed by atoms with Gasteiger partial charge in [-0.3, -0.25) is 9.59 Å². The summed E-state index contributed by atoms with van der Waals surface area (Å²) in [6, 6.07) is 18.8. The van der Waals surface area contributed by atoms with E-state index in [-0.39, 0.29) is 29.7 Å². The second-order valence-corrected chi connectivity index (χ2v) is 7.12. The van der Waals surface area contributed by atoms with Crippen molar-refractivity contribution in [1.82, 2.24) is 0 Å². The molecule has 0 radical (unpaired) electrons. The maximum atomic E-state index is 13.9. The second kappa shape index (κ2) is 8.84. The number of carbonyl (C=O) groups is 2. The molecular formula is C24H18F3NO4. The molecule has 1 heterocycles. The molecular weight excluding hydrogens is 423 g/mol. The van der Waals surface area contributed by atoms with E-state index >= 15 is 0 Å². The maximum Gasteiger partial charge on any atom is 0.417 e. The molecule has 3 aromatic carbocycles. The van der Waals surface area contributed by atoms with Crippen LogP contribution in [0.1, 0.15) is 26.3 Å². The van der Waals surface area contributed by atoms with Crippen molar-refractivity contribution in [2.75, 3.05) is 18.1 Å². The summed E-state index contributed by atoms with van der Waals surface area (Å²) < 4.78 is 51.9. The third-order valence-corrected chi connectivity index (χ3v) is 4.81. The van der Waals surface area contributed by atoms with Gasteiger partial charge in [-0.15, -0.1) is 0 Å². The van der Waals surface area contributed by atoms with Crippen LogP contribution in [0.5, 0.6) is 5.75 Å². The van der Waals surface area contributed by atoms with Crippen LogP contribution in [0.2, 0.25) is 0 Å². The minimum absolute atomic E-state index is 0.0370. The molecule has 4 rings (SSSR count). The SMILES string of the molecule is O=C(c1ccccc1)N(C(=O)c1ccc(OCC2CO2)cc1C(F)(F)F)c1ccccc1. The van der Waals surface area contributed by atoms with Gasteiger partial charge in [-0.2, -0.15) is 13.2 Å². The predicted molar refractivity (Wildman–Crippen MR) is 111 cm³/mol. The van der Waals surface area contributed by atoms with Crippen molar-refractivity contribution in [3.8, 4) is 5.75 Å². The average Bonchev–Trinajstić information content (AvgIpc) is 3.63. The number of carbonyl (C=O) groups excluding carboxylic acids is 2. The number of para-hydroxylation sites is 1. The molecule has 1 aliphatic heterocycles. The van der Waals surface area contributed by atoms with Gasteiger partial charge in [-0.1, -0.05) is 36.4 Å². The standard InChI is InChI=1S/C24H18F3NO4/c25-24(26,27)21-13-18(31-14-19-15-32-19)11-12-20(21)23(30)28(17-9-5-2-6-10-17)22(29)16-7-3-1-4-8-16/h1-13,19H,14-15H2. The smallest absolute Gasteiger partial charge is 0.417 e. The summed E-state index contributed by atoms with van der Waals surface area (Å²) >= 11 is 0. The number of hydrogen-bond acceptors (Lipinski definition) is 4. The fourth-order valence-electron chi connectivity index (χ4n) is 3.12. The summed E-state index contributed by atoms with van der Waals surface area (Å²) in [6.45, 7) is 0.615. The molecule has 1 unspecified atom stereocenters. The third-order valence-electron chi connectivity index (χ3n) is 4.81. The van der Waals surface area contributed by atoms with Gasteiger partial charge in [0.05, 0.1) is 23.4 Å². The molecule has 1 atom stereocenters. The van der Waals surface area contributed by atoms with Gasteiger partial charge in [0, 0.05) is 5.56 Å². The molecule has 3 aromatic rings. The molecule has 0 bridgehead atoms. The highest BCUT2D eigenvalue weighted by atomic mass is 19.4. The van der Waals surface area contributed by atoms with Crippen LogP contribution in [0.4, 0.5) is 18.9 Å². The Labute approximate surface area is 182 Å². The first kappa shape index (κ1) is 21.6. The highest BCUT2D eigenvalue weighted by Gasteiger charge is 2.38. The lowest BCUT2D eigenvalue weighted by molar-refractivity contribution is -0.138. The minimum atomic E-state index is -4.83. The number of amides is 2. The summed E-state index contributed by atoms with van der Waals surface area (Å²) in [5.74, 6) is -1.86. The van der Waals surface area contributed by atoms with Crippen LogP contribution in [0.15, 0.2) is 78.9 Å². The highest BCUT2D eigenvalue weighted by Crippen LogP contribution is 2.36. The lowest BCUT2D eigenvalue weighted by Gasteiger charge is -2.23. The Morgan fingerprint density at radius 3 is 2.16 bits per heavy atom. The number of rotatable bonds is 6. The van der Waals surface area contributed by atoms with Gasteiger partial charge in [0.25, 0.3) is 11.8 Å². The Hall–Kier alpha value is -3.65. The molecule has 164 valence electrons. The molecule has 1 aliphatic rings. The largest absolute Gasteiger partial charge is 0.491 e. The third kappa shape index (κ3) is 4.81. The van der Waals surface area contributed by atoms with Gasteiger partial charge < -0.3 is 9.47 Å². The lowest BCUT2D eigenvalue weighted by atomic mass is 10.0. The molecule has 8 heteroatoms. The summed E-state index contributed by atoms with van der Waals surface area (Å²) in [5.41, 5.74) is -1.51. The van der Waals surface area contributed by atoms with E-state index in [9.17, 15) is 22.8 Å². The van der Waals surface area contributed by atoms with Crippen LogP contribution >= 0.6 is 0 Å². The zero-order chi connectivity index (χ0) is 22.7. The molecule has 0 spiro atoms. The highest BCUT2D eigenvalue weighted by molar-refractivity contribution is 6.26. The summed E-state index contributed by atoms with van der Waals surface area (Å²) in [7, 11) is 0. The Morgan fingerprint density at radius 2 is 1.56 bits per heavy atom. The zero-order valence-corrected chi connectivity index (χ0v) is 16.7. The summed E-state index contributed by atoms with van der Waals surface area (Å²) in [5, 5.41) is 0. The van der Waals surface area contributed by atoms with E-state index in [1.807, 2.05) is 0 Å². The van der Waals surface area contributed by atoms with E-state index in [2.05, 4.69) is 0 Å². The van der Waals surface area contributed by atoms with E-state index in [0.29, 0.717) is 6.61 Å². The number of epoxide rings is 1. The number of imide groups is 1. The van der Waals surface area contributed by atoms with Crippen LogP contribution < -0.4 is 9.64 Å².